The highest BCUT2D eigenvalue weighted by Gasteiger charge is 2.04. The number of hydrogen-bond donors (Lipinski definition) is 0. The van der Waals surface area contributed by atoms with Gasteiger partial charge in [0.1, 0.15) is 5.52 Å². The molecule has 0 atom stereocenters. The van der Waals surface area contributed by atoms with Crippen molar-refractivity contribution in [2.24, 2.45) is 0 Å². The van der Waals surface area contributed by atoms with Crippen molar-refractivity contribution >= 4 is 11.0 Å². The SMILES string of the molecule is C1=CCC(CCn2nnc3ccccc32)=C1. The van der Waals surface area contributed by atoms with Gasteiger partial charge < -0.3 is 0 Å². The molecule has 3 rings (SSSR count). The Morgan fingerprint density at radius 2 is 2.19 bits per heavy atom. The molecule has 1 aliphatic rings. The molecule has 0 fully saturated rings. The number of benzene rings is 1. The fraction of sp³-hybridized carbons (Fsp3) is 0.231. The minimum atomic E-state index is 0.911. The van der Waals surface area contributed by atoms with Crippen molar-refractivity contribution in [3.63, 3.8) is 0 Å². The van der Waals surface area contributed by atoms with Crippen molar-refractivity contribution in [2.75, 3.05) is 0 Å². The maximum absolute atomic E-state index is 4.18. The fourth-order valence-corrected chi connectivity index (χ4v) is 2.01. The Morgan fingerprint density at radius 1 is 1.25 bits per heavy atom. The molecule has 0 saturated heterocycles. The summed E-state index contributed by atoms with van der Waals surface area (Å²) < 4.78 is 1.98. The van der Waals surface area contributed by atoms with Crippen LogP contribution in [-0.2, 0) is 6.54 Å². The van der Waals surface area contributed by atoms with Gasteiger partial charge in [-0.25, -0.2) is 4.68 Å². The molecule has 0 radical (unpaired) electrons. The Morgan fingerprint density at radius 3 is 3.06 bits per heavy atom. The highest BCUT2D eigenvalue weighted by molar-refractivity contribution is 5.73. The van der Waals surface area contributed by atoms with Crippen molar-refractivity contribution in [3.05, 3.63) is 48.1 Å². The van der Waals surface area contributed by atoms with Crippen LogP contribution in [0.15, 0.2) is 48.1 Å². The van der Waals surface area contributed by atoms with E-state index in [0.717, 1.165) is 30.4 Å². The van der Waals surface area contributed by atoms with Gasteiger partial charge in [0.25, 0.3) is 0 Å². The molecular formula is C13H13N3. The van der Waals surface area contributed by atoms with Crippen molar-refractivity contribution in [1.29, 1.82) is 0 Å². The Kier molecular flexibility index (Phi) is 2.29. The first-order valence-electron chi connectivity index (χ1n) is 5.56. The molecule has 0 saturated carbocycles. The lowest BCUT2D eigenvalue weighted by atomic mass is 10.1. The average Bonchev–Trinajstić information content (AvgIpc) is 2.96. The zero-order valence-corrected chi connectivity index (χ0v) is 9.00. The van der Waals surface area contributed by atoms with Crippen molar-refractivity contribution in [2.45, 2.75) is 19.4 Å². The number of rotatable bonds is 3. The predicted molar refractivity (Wildman–Crippen MR) is 64.0 cm³/mol. The number of aryl methyl sites for hydroxylation is 1. The van der Waals surface area contributed by atoms with Gasteiger partial charge in [-0.3, -0.25) is 0 Å². The van der Waals surface area contributed by atoms with Gasteiger partial charge in [0.05, 0.1) is 5.52 Å². The third kappa shape index (κ3) is 1.65. The van der Waals surface area contributed by atoms with E-state index in [1.54, 1.807) is 0 Å². The van der Waals surface area contributed by atoms with Crippen LogP contribution in [0.25, 0.3) is 11.0 Å². The summed E-state index contributed by atoms with van der Waals surface area (Å²) in [6.07, 6.45) is 8.65. The second kappa shape index (κ2) is 3.93. The highest BCUT2D eigenvalue weighted by atomic mass is 15.4. The molecule has 0 amide bonds. The van der Waals surface area contributed by atoms with Crippen LogP contribution in [0.3, 0.4) is 0 Å². The van der Waals surface area contributed by atoms with E-state index in [-0.39, 0.29) is 0 Å². The average molecular weight is 211 g/mol. The van der Waals surface area contributed by atoms with E-state index in [0.29, 0.717) is 0 Å². The summed E-state index contributed by atoms with van der Waals surface area (Å²) in [5.74, 6) is 0. The molecule has 2 aromatic rings. The quantitative estimate of drug-likeness (QED) is 0.781. The van der Waals surface area contributed by atoms with E-state index in [9.17, 15) is 0 Å². The molecule has 0 bridgehead atoms. The van der Waals surface area contributed by atoms with E-state index < -0.39 is 0 Å². The third-order valence-electron chi connectivity index (χ3n) is 2.91. The Bertz CT molecular complexity index is 563. The smallest absolute Gasteiger partial charge is 0.113 e. The van der Waals surface area contributed by atoms with E-state index in [1.165, 1.54) is 5.57 Å². The molecule has 3 nitrogen and oxygen atoms in total. The van der Waals surface area contributed by atoms with Gasteiger partial charge in [-0.05, 0) is 25.0 Å². The van der Waals surface area contributed by atoms with Gasteiger partial charge in [0.2, 0.25) is 0 Å². The van der Waals surface area contributed by atoms with Crippen LogP contribution in [-0.4, -0.2) is 15.0 Å². The topological polar surface area (TPSA) is 30.7 Å². The number of allylic oxidation sites excluding steroid dienone is 4. The molecule has 3 heteroatoms. The van der Waals surface area contributed by atoms with Crippen molar-refractivity contribution < 1.29 is 0 Å². The summed E-state index contributed by atoms with van der Waals surface area (Å²) in [7, 11) is 0. The van der Waals surface area contributed by atoms with Crippen LogP contribution in [0, 0.1) is 0 Å². The summed E-state index contributed by atoms with van der Waals surface area (Å²) >= 11 is 0. The summed E-state index contributed by atoms with van der Waals surface area (Å²) in [4.78, 5) is 0. The number of hydrogen-bond acceptors (Lipinski definition) is 2. The standard InChI is InChI=1S/C13H13N3/c1-2-6-11(5-1)9-10-16-13-8-4-3-7-12(13)14-15-16/h1-5,7-8H,6,9-10H2. The van der Waals surface area contributed by atoms with Crippen LogP contribution in [0.1, 0.15) is 12.8 Å². The number of fused-ring (bicyclic) bond motifs is 1. The Hall–Kier alpha value is -1.90. The lowest BCUT2D eigenvalue weighted by Gasteiger charge is -2.02. The van der Waals surface area contributed by atoms with Crippen LogP contribution in [0.2, 0.25) is 0 Å². The van der Waals surface area contributed by atoms with E-state index in [2.05, 4.69) is 34.6 Å². The van der Waals surface area contributed by atoms with Crippen LogP contribution in [0.4, 0.5) is 0 Å². The number of nitrogens with zero attached hydrogens (tertiary/aromatic N) is 3. The molecule has 0 aliphatic heterocycles. The molecule has 16 heavy (non-hydrogen) atoms. The van der Waals surface area contributed by atoms with Gasteiger partial charge in [0, 0.05) is 6.54 Å². The van der Waals surface area contributed by atoms with Crippen LogP contribution < -0.4 is 0 Å². The molecule has 1 heterocycles. The first-order chi connectivity index (χ1) is 7.93. The molecule has 80 valence electrons. The van der Waals surface area contributed by atoms with E-state index >= 15 is 0 Å². The maximum atomic E-state index is 4.18. The monoisotopic (exact) mass is 211 g/mol. The minimum Gasteiger partial charge on any atom is -0.244 e. The largest absolute Gasteiger partial charge is 0.244 e. The molecule has 1 aromatic carbocycles. The van der Waals surface area contributed by atoms with Gasteiger partial charge in [-0.2, -0.15) is 0 Å². The highest BCUT2D eigenvalue weighted by Crippen LogP contribution is 2.16. The zero-order chi connectivity index (χ0) is 10.8. The van der Waals surface area contributed by atoms with Crippen molar-refractivity contribution in [1.82, 2.24) is 15.0 Å². The maximum Gasteiger partial charge on any atom is 0.113 e. The Balaban J connectivity index is 1.79. The van der Waals surface area contributed by atoms with Crippen LogP contribution in [0.5, 0.6) is 0 Å². The van der Waals surface area contributed by atoms with Gasteiger partial charge in [-0.1, -0.05) is 41.1 Å². The fourth-order valence-electron chi connectivity index (χ4n) is 2.01. The molecular weight excluding hydrogens is 198 g/mol. The molecule has 0 unspecified atom stereocenters. The zero-order valence-electron chi connectivity index (χ0n) is 9.00. The third-order valence-corrected chi connectivity index (χ3v) is 2.91. The summed E-state index contributed by atoms with van der Waals surface area (Å²) in [5.41, 5.74) is 3.56. The number of para-hydroxylation sites is 1. The second-order valence-electron chi connectivity index (χ2n) is 4.01. The van der Waals surface area contributed by atoms with Gasteiger partial charge in [0.15, 0.2) is 0 Å². The number of aromatic nitrogens is 3. The first kappa shape index (κ1) is 9.33. The lowest BCUT2D eigenvalue weighted by Crippen LogP contribution is -2.01. The normalized spacial score (nSPS) is 14.6. The first-order valence-corrected chi connectivity index (χ1v) is 5.56. The van der Waals surface area contributed by atoms with Crippen LogP contribution >= 0.6 is 0 Å². The minimum absolute atomic E-state index is 0.911. The molecule has 0 spiro atoms. The lowest BCUT2D eigenvalue weighted by molar-refractivity contribution is 0.602. The second-order valence-corrected chi connectivity index (χ2v) is 4.01. The van der Waals surface area contributed by atoms with Gasteiger partial charge >= 0.3 is 0 Å². The molecule has 0 N–H and O–H groups in total. The summed E-state index contributed by atoms with van der Waals surface area (Å²) in [6, 6.07) is 8.08. The summed E-state index contributed by atoms with van der Waals surface area (Å²) in [5, 5.41) is 8.32. The summed E-state index contributed by atoms with van der Waals surface area (Å²) in [6.45, 7) is 0.911. The van der Waals surface area contributed by atoms with Crippen molar-refractivity contribution in [3.8, 4) is 0 Å². The molecule has 1 aliphatic carbocycles. The predicted octanol–water partition coefficient (Wildman–Crippen LogP) is 2.71. The van der Waals surface area contributed by atoms with Gasteiger partial charge in [-0.15, -0.1) is 5.10 Å². The molecule has 1 aromatic heterocycles. The van der Waals surface area contributed by atoms with E-state index in [4.69, 9.17) is 0 Å². The van der Waals surface area contributed by atoms with E-state index in [1.807, 2.05) is 22.9 Å². The Labute approximate surface area is 94.1 Å².